The molecule has 5 N–H and O–H groups in total. The Morgan fingerprint density at radius 2 is 1.88 bits per heavy atom. The number of pyridine rings is 1. The van der Waals surface area contributed by atoms with Crippen molar-refractivity contribution in [2.24, 2.45) is 5.73 Å². The van der Waals surface area contributed by atoms with Crippen LogP contribution in [0.15, 0.2) is 48.5 Å². The van der Waals surface area contributed by atoms with Crippen molar-refractivity contribution >= 4 is 17.5 Å². The van der Waals surface area contributed by atoms with E-state index in [9.17, 15) is 19.4 Å². The molecule has 174 valence electrons. The van der Waals surface area contributed by atoms with E-state index in [1.807, 2.05) is 0 Å². The number of halogens is 2. The second-order valence-corrected chi connectivity index (χ2v) is 7.59. The number of carbonyl (C=O) groups is 1. The van der Waals surface area contributed by atoms with Gasteiger partial charge in [-0.25, -0.2) is 9.37 Å². The van der Waals surface area contributed by atoms with Gasteiger partial charge in [-0.15, -0.1) is 0 Å². The number of benzene rings is 2. The molecule has 0 bridgehead atoms. The molecule has 0 saturated carbocycles. The molecule has 10 heteroatoms. The quantitative estimate of drug-likeness (QED) is 0.394. The van der Waals surface area contributed by atoms with Gasteiger partial charge in [-0.2, -0.15) is 0 Å². The third-order valence-electron chi connectivity index (χ3n) is 5.07. The Bertz CT molecular complexity index is 1180. The van der Waals surface area contributed by atoms with E-state index >= 15 is 0 Å². The summed E-state index contributed by atoms with van der Waals surface area (Å²) in [4.78, 5) is 17.1. The maximum Gasteiger partial charge on any atom is 0.251 e. The van der Waals surface area contributed by atoms with Crippen molar-refractivity contribution in [3.05, 3.63) is 70.6 Å². The average molecular weight is 476 g/mol. The Hall–Kier alpha value is -3.40. The van der Waals surface area contributed by atoms with E-state index < -0.39 is 17.3 Å². The summed E-state index contributed by atoms with van der Waals surface area (Å²) in [6, 6.07) is 11.3. The maximum absolute atomic E-state index is 13.6. The number of phenolic OH excluding ortho intramolecular Hbond substituents is 1. The van der Waals surface area contributed by atoms with E-state index in [1.165, 1.54) is 56.7 Å². The molecule has 8 nitrogen and oxygen atoms in total. The molecule has 0 aliphatic heterocycles. The van der Waals surface area contributed by atoms with Gasteiger partial charge in [-0.1, -0.05) is 11.6 Å². The molecular formula is C23H23ClFN3O5. The third kappa shape index (κ3) is 5.16. The number of rotatable bonds is 8. The molecule has 0 fully saturated rings. The minimum absolute atomic E-state index is 0.0903. The van der Waals surface area contributed by atoms with E-state index in [0.717, 1.165) is 0 Å². The number of hydrogen-bond acceptors (Lipinski definition) is 7. The lowest BCUT2D eigenvalue weighted by Crippen LogP contribution is -2.46. The third-order valence-corrected chi connectivity index (χ3v) is 5.36. The predicted molar refractivity (Wildman–Crippen MR) is 121 cm³/mol. The van der Waals surface area contributed by atoms with Crippen LogP contribution in [0.5, 0.6) is 17.2 Å². The highest BCUT2D eigenvalue weighted by molar-refractivity contribution is 6.31. The van der Waals surface area contributed by atoms with E-state index in [1.54, 1.807) is 6.07 Å². The summed E-state index contributed by atoms with van der Waals surface area (Å²) in [5.41, 5.74) is 5.29. The van der Waals surface area contributed by atoms with Crippen LogP contribution in [0.2, 0.25) is 5.02 Å². The molecule has 0 aliphatic rings. The molecule has 1 heterocycles. The van der Waals surface area contributed by atoms with Gasteiger partial charge in [0.1, 0.15) is 22.9 Å². The Labute approximate surface area is 194 Å². The van der Waals surface area contributed by atoms with E-state index in [2.05, 4.69) is 10.3 Å². The van der Waals surface area contributed by atoms with Gasteiger partial charge in [0.25, 0.3) is 5.91 Å². The fraction of sp³-hybridized carbons (Fsp3) is 0.217. The zero-order chi connectivity index (χ0) is 24.2. The van der Waals surface area contributed by atoms with Gasteiger partial charge in [0.05, 0.1) is 31.5 Å². The lowest BCUT2D eigenvalue weighted by Gasteiger charge is -2.27. The Kier molecular flexibility index (Phi) is 7.37. The lowest BCUT2D eigenvalue weighted by atomic mass is 9.97. The highest BCUT2D eigenvalue weighted by atomic mass is 35.5. The summed E-state index contributed by atoms with van der Waals surface area (Å²) in [7, 11) is 2.82. The van der Waals surface area contributed by atoms with Crippen LogP contribution >= 0.6 is 11.6 Å². The Morgan fingerprint density at radius 1 is 1.15 bits per heavy atom. The summed E-state index contributed by atoms with van der Waals surface area (Å²) in [6.07, 6.45) is 0. The first-order chi connectivity index (χ1) is 15.7. The van der Waals surface area contributed by atoms with Gasteiger partial charge in [0.2, 0.25) is 0 Å². The molecule has 1 atom stereocenters. The van der Waals surface area contributed by atoms with E-state index in [0.29, 0.717) is 17.0 Å². The zero-order valence-electron chi connectivity index (χ0n) is 17.9. The standard InChI is InChI=1S/C23H23ClFN3O5/c1-32-18-7-8-20(28-21(18)13-3-5-16(25)15(24)9-13)23(31,11-26)12-27-22(30)14-4-6-17(29)19(10-14)33-2/h3-10,29,31H,11-12,26H2,1-2H3,(H,27,30). The lowest BCUT2D eigenvalue weighted by molar-refractivity contribution is 0.0395. The van der Waals surface area contributed by atoms with Crippen LogP contribution in [-0.2, 0) is 5.60 Å². The number of amides is 1. The maximum atomic E-state index is 13.6. The first kappa shape index (κ1) is 24.2. The monoisotopic (exact) mass is 475 g/mol. The topological polar surface area (TPSA) is 127 Å². The van der Waals surface area contributed by atoms with Crippen molar-refractivity contribution in [1.29, 1.82) is 0 Å². The molecule has 0 saturated heterocycles. The summed E-state index contributed by atoms with van der Waals surface area (Å²) in [5, 5.41) is 23.4. The second-order valence-electron chi connectivity index (χ2n) is 7.18. The predicted octanol–water partition coefficient (Wildman–Crippen LogP) is 2.84. The average Bonchev–Trinajstić information content (AvgIpc) is 2.83. The highest BCUT2D eigenvalue weighted by Crippen LogP contribution is 2.33. The largest absolute Gasteiger partial charge is 0.504 e. The van der Waals surface area contributed by atoms with E-state index in [-0.39, 0.29) is 40.9 Å². The number of hydrogen-bond donors (Lipinski definition) is 4. The van der Waals surface area contributed by atoms with Gasteiger partial charge in [-0.3, -0.25) is 4.79 Å². The summed E-state index contributed by atoms with van der Waals surface area (Å²) >= 11 is 5.91. The molecule has 0 spiro atoms. The SMILES string of the molecule is COc1cc(C(=O)NCC(O)(CN)c2ccc(OC)c(-c3ccc(F)c(Cl)c3)n2)ccc1O. The number of carbonyl (C=O) groups excluding carboxylic acids is 1. The fourth-order valence-electron chi connectivity index (χ4n) is 3.14. The summed E-state index contributed by atoms with van der Waals surface area (Å²) in [5.74, 6) is -0.692. The van der Waals surface area contributed by atoms with Crippen molar-refractivity contribution in [1.82, 2.24) is 10.3 Å². The van der Waals surface area contributed by atoms with Crippen LogP contribution in [0.3, 0.4) is 0 Å². The van der Waals surface area contributed by atoms with Crippen molar-refractivity contribution in [2.75, 3.05) is 27.3 Å². The molecule has 33 heavy (non-hydrogen) atoms. The second kappa shape index (κ2) is 10.0. The molecule has 0 radical (unpaired) electrons. The van der Waals surface area contributed by atoms with Crippen molar-refractivity contribution in [3.63, 3.8) is 0 Å². The summed E-state index contributed by atoms with van der Waals surface area (Å²) < 4.78 is 24.0. The molecule has 0 aliphatic carbocycles. The van der Waals surface area contributed by atoms with E-state index in [4.69, 9.17) is 26.8 Å². The molecular weight excluding hydrogens is 453 g/mol. The molecule has 3 rings (SSSR count). The zero-order valence-corrected chi connectivity index (χ0v) is 18.7. The number of aromatic nitrogens is 1. The number of ether oxygens (including phenoxy) is 2. The molecule has 1 aromatic heterocycles. The summed E-state index contributed by atoms with van der Waals surface area (Å²) in [6.45, 7) is -0.510. The van der Waals surface area contributed by atoms with Crippen LogP contribution in [0, 0.1) is 5.82 Å². The first-order valence-corrected chi connectivity index (χ1v) is 10.2. The van der Waals surface area contributed by atoms with Crippen LogP contribution in [0.4, 0.5) is 4.39 Å². The van der Waals surface area contributed by atoms with Crippen molar-refractivity contribution < 1.29 is 28.9 Å². The fourth-order valence-corrected chi connectivity index (χ4v) is 3.32. The van der Waals surface area contributed by atoms with Crippen LogP contribution in [-0.4, -0.2) is 48.4 Å². The number of nitrogens with zero attached hydrogens (tertiary/aromatic N) is 1. The number of aliphatic hydroxyl groups is 1. The number of aromatic hydroxyl groups is 1. The van der Waals surface area contributed by atoms with Crippen molar-refractivity contribution in [3.8, 4) is 28.5 Å². The van der Waals surface area contributed by atoms with Crippen LogP contribution in [0.1, 0.15) is 16.1 Å². The number of nitrogens with two attached hydrogens (primary N) is 1. The van der Waals surface area contributed by atoms with Crippen LogP contribution < -0.4 is 20.5 Å². The number of methoxy groups -OCH3 is 2. The molecule has 1 unspecified atom stereocenters. The minimum Gasteiger partial charge on any atom is -0.504 e. The highest BCUT2D eigenvalue weighted by Gasteiger charge is 2.31. The smallest absolute Gasteiger partial charge is 0.251 e. The van der Waals surface area contributed by atoms with Gasteiger partial charge >= 0.3 is 0 Å². The first-order valence-electron chi connectivity index (χ1n) is 9.81. The normalized spacial score (nSPS) is 12.7. The molecule has 2 aromatic carbocycles. The molecule has 1 amide bonds. The van der Waals surface area contributed by atoms with Gasteiger partial charge < -0.3 is 30.7 Å². The Morgan fingerprint density at radius 3 is 2.52 bits per heavy atom. The number of phenols is 1. The van der Waals surface area contributed by atoms with Gasteiger partial charge in [-0.05, 0) is 48.5 Å². The minimum atomic E-state index is -1.72. The van der Waals surface area contributed by atoms with Gasteiger partial charge in [0.15, 0.2) is 11.5 Å². The number of nitrogens with one attached hydrogen (secondary N) is 1. The Balaban J connectivity index is 1.89. The van der Waals surface area contributed by atoms with Gasteiger partial charge in [0, 0.05) is 17.7 Å². The van der Waals surface area contributed by atoms with Crippen LogP contribution in [0.25, 0.3) is 11.3 Å². The molecule has 3 aromatic rings. The van der Waals surface area contributed by atoms with Crippen molar-refractivity contribution in [2.45, 2.75) is 5.60 Å².